The van der Waals surface area contributed by atoms with Crippen LogP contribution in [0.2, 0.25) is 0 Å². The van der Waals surface area contributed by atoms with Gasteiger partial charge in [-0.1, -0.05) is 55.7 Å². The number of aliphatic carboxylic acids is 1. The molecule has 3 heterocycles. The van der Waals surface area contributed by atoms with E-state index in [-0.39, 0.29) is 129 Å². The van der Waals surface area contributed by atoms with Crippen LogP contribution in [0.3, 0.4) is 0 Å². The summed E-state index contributed by atoms with van der Waals surface area (Å²) in [6.45, 7) is 12.1. The van der Waals surface area contributed by atoms with E-state index in [9.17, 15) is 67.4 Å². The number of hydrogen-bond acceptors (Lipinski definition) is 20. The van der Waals surface area contributed by atoms with Gasteiger partial charge in [0.15, 0.2) is 0 Å². The van der Waals surface area contributed by atoms with Crippen molar-refractivity contribution in [3.05, 3.63) is 95.8 Å². The number of pyridine rings is 1. The van der Waals surface area contributed by atoms with Gasteiger partial charge < -0.3 is 97.2 Å². The molecule has 1 aliphatic carbocycles. The lowest BCUT2D eigenvalue weighted by Gasteiger charge is -2.38. The predicted molar refractivity (Wildman–Crippen MR) is 409 cm³/mol. The summed E-state index contributed by atoms with van der Waals surface area (Å²) in [4.78, 5) is 163. The molecule has 3 aromatic rings. The average molecular weight is 1550 g/mol. The van der Waals surface area contributed by atoms with E-state index in [1.165, 1.54) is 6.08 Å². The van der Waals surface area contributed by atoms with E-state index in [0.29, 0.717) is 94.4 Å². The Labute approximate surface area is 638 Å². The second kappa shape index (κ2) is 50.5. The lowest BCUT2D eigenvalue weighted by Crippen LogP contribution is -2.63. The van der Waals surface area contributed by atoms with Gasteiger partial charge in [-0.2, -0.15) is 0 Å². The lowest BCUT2D eigenvalue weighted by molar-refractivity contribution is -0.138. The number of rotatable bonds is 47. The van der Waals surface area contributed by atoms with Crippen molar-refractivity contribution in [2.45, 2.75) is 146 Å². The first kappa shape index (κ1) is 89.6. The summed E-state index contributed by atoms with van der Waals surface area (Å²) < 4.78 is 34.2. The molecule has 0 spiro atoms. The van der Waals surface area contributed by atoms with Crippen LogP contribution in [0.4, 0.5) is 16.2 Å². The minimum Gasteiger partial charge on any atom is -0.481 e. The Morgan fingerprint density at radius 1 is 0.578 bits per heavy atom. The van der Waals surface area contributed by atoms with Crippen molar-refractivity contribution in [3.63, 3.8) is 0 Å². The van der Waals surface area contributed by atoms with Crippen molar-refractivity contribution < 1.29 is 86.4 Å². The number of carboxylic acids is 1. The van der Waals surface area contributed by atoms with Crippen molar-refractivity contribution in [2.24, 2.45) is 5.73 Å². The SMILES string of the molecule is Cc1ccccc1NC(=O)Nc1ccc(CC(=O)N[C@@H](CCCCNC(=O)/C=C/c2cccnc2)C(=O)N[C@@H](CCCC(=O)O)C(=O)NC2(C(=O)NCCOCCOCCOCCOCCC(=O)N[C@H](CCCCNC(=O)CN3CCCN4CCN(CCCN(CP(=O)(O)O)CC4)CC3)C(N)=O)CCCCC2)cc1. The Hall–Kier alpha value is -8.34. The number of urea groups is 1. The van der Waals surface area contributed by atoms with E-state index in [4.69, 9.17) is 24.7 Å². The van der Waals surface area contributed by atoms with Gasteiger partial charge in [0.1, 0.15) is 30.0 Å². The van der Waals surface area contributed by atoms with Crippen LogP contribution in [0.15, 0.2) is 79.1 Å². The Morgan fingerprint density at radius 2 is 1.17 bits per heavy atom. The third kappa shape index (κ3) is 37.8. The molecule has 1 aromatic heterocycles. The molecule has 0 radical (unpaired) electrons. The van der Waals surface area contributed by atoms with Crippen molar-refractivity contribution in [3.8, 4) is 0 Å². The number of para-hydroxylation sites is 1. The van der Waals surface area contributed by atoms with E-state index in [1.807, 2.05) is 30.0 Å². The average Bonchev–Trinajstić information content (AvgIpc) is 0.805. The zero-order chi connectivity index (χ0) is 78.5. The third-order valence-corrected chi connectivity index (χ3v) is 19.6. The van der Waals surface area contributed by atoms with Gasteiger partial charge in [-0.15, -0.1) is 0 Å². The molecule has 604 valence electrons. The molecule has 109 heavy (non-hydrogen) atoms. The quantitative estimate of drug-likeness (QED) is 0.0219. The van der Waals surface area contributed by atoms with Crippen LogP contribution in [-0.4, -0.2) is 273 Å². The van der Waals surface area contributed by atoms with Gasteiger partial charge in [-0.3, -0.25) is 62.5 Å². The summed E-state index contributed by atoms with van der Waals surface area (Å²) in [7, 11) is -4.15. The highest BCUT2D eigenvalue weighted by atomic mass is 31.2. The number of primary amides is 1. The third-order valence-electron chi connectivity index (χ3n) is 18.9. The zero-order valence-electron chi connectivity index (χ0n) is 63.0. The second-order valence-corrected chi connectivity index (χ2v) is 29.3. The van der Waals surface area contributed by atoms with E-state index >= 15 is 0 Å². The zero-order valence-corrected chi connectivity index (χ0v) is 63.9. The molecule has 2 aliphatic heterocycles. The fourth-order valence-electron chi connectivity index (χ4n) is 12.9. The van der Waals surface area contributed by atoms with Crippen LogP contribution in [0.5, 0.6) is 0 Å². The second-order valence-electron chi connectivity index (χ2n) is 27.7. The Bertz CT molecular complexity index is 3390. The number of nitrogens with one attached hydrogen (secondary N) is 9. The number of benzene rings is 2. The molecule has 10 amide bonds. The highest BCUT2D eigenvalue weighted by Gasteiger charge is 2.42. The number of ether oxygens (including phenoxy) is 4. The molecule has 2 aromatic carbocycles. The molecule has 33 nitrogen and oxygen atoms in total. The van der Waals surface area contributed by atoms with Gasteiger partial charge in [0.25, 0.3) is 0 Å². The maximum Gasteiger partial charge on any atom is 0.339 e. The van der Waals surface area contributed by atoms with Gasteiger partial charge in [0.05, 0.1) is 65.8 Å². The molecule has 2 unspecified atom stereocenters. The summed E-state index contributed by atoms with van der Waals surface area (Å²) in [6.07, 6.45) is 12.1. The summed E-state index contributed by atoms with van der Waals surface area (Å²) in [5.41, 5.74) is 7.59. The molecule has 2 bridgehead atoms. The molecule has 6 rings (SSSR count). The maximum absolute atomic E-state index is 14.4. The van der Waals surface area contributed by atoms with Crippen molar-refractivity contribution in [1.82, 2.24) is 61.8 Å². The highest BCUT2D eigenvalue weighted by molar-refractivity contribution is 7.51. The molecular formula is C75H116N15O18P. The standard InChI is InChI=1S/C75H116N15O18P/c1-57-15-3-4-17-61(57)85-74(101)81-60-25-22-58(23-26-60)53-67(93)83-63(19-6-10-32-78-65(91)27-24-59-16-12-31-77-54-59)71(98)84-64(20-11-21-69(95)96)72(99)86-75(29-7-2-8-30-75)73(100)80-34-46-106-48-50-108-52-51-107-49-47-105-45-28-66(92)82-62(70(76)97)18-5-9-33-79-68(94)55-89-37-13-35-88-40-39-87(41-43-89)36-14-38-90(44-42-88)56-109(102,103)104/h3-4,12,15-17,22-27,31,54,62-64H,2,5-11,13-14,18-21,28-30,32-53,55-56H2,1H3,(H2,76,97)(H,78,91)(H,79,94)(H,80,100)(H,82,92)(H,83,93)(H,84,98)(H,86,99)(H,95,96)(H2,81,85,101)(H2,102,103,104)/b27-24+/t62-,63+,64+/m1/s1. The van der Waals surface area contributed by atoms with Crippen molar-refractivity contribution in [1.29, 1.82) is 0 Å². The monoisotopic (exact) mass is 1550 g/mol. The minimum absolute atomic E-state index is 0.000991. The molecule has 3 fully saturated rings. The van der Waals surface area contributed by atoms with Crippen LogP contribution in [-0.2, 0) is 73.1 Å². The molecular weight excluding hydrogens is 1430 g/mol. The molecule has 1 saturated carbocycles. The number of nitrogens with two attached hydrogens (primary N) is 1. The van der Waals surface area contributed by atoms with Gasteiger partial charge in [0, 0.05) is 108 Å². The number of aromatic nitrogens is 1. The number of amides is 10. The molecule has 2 saturated heterocycles. The van der Waals surface area contributed by atoms with Crippen LogP contribution >= 0.6 is 7.60 Å². The number of anilines is 2. The van der Waals surface area contributed by atoms with E-state index in [0.717, 1.165) is 82.7 Å². The highest BCUT2D eigenvalue weighted by Crippen LogP contribution is 2.35. The van der Waals surface area contributed by atoms with Crippen molar-refractivity contribution >= 4 is 84.3 Å². The first-order chi connectivity index (χ1) is 52.5. The largest absolute Gasteiger partial charge is 0.481 e. The van der Waals surface area contributed by atoms with Gasteiger partial charge in [0.2, 0.25) is 47.3 Å². The molecule has 34 heteroatoms. The number of nitrogens with zero attached hydrogens (tertiary/aromatic N) is 5. The van der Waals surface area contributed by atoms with Gasteiger partial charge in [-0.25, -0.2) is 4.79 Å². The predicted octanol–water partition coefficient (Wildman–Crippen LogP) is 2.60. The number of carbonyl (C=O) groups is 10. The number of carboxylic acid groups (broad SMARTS) is 1. The number of hydrogen-bond donors (Lipinski definition) is 13. The number of aryl methyl sites for hydroxylation is 1. The van der Waals surface area contributed by atoms with Crippen molar-refractivity contribution in [2.75, 3.05) is 161 Å². The van der Waals surface area contributed by atoms with Crippen LogP contribution < -0.4 is 53.6 Å². The van der Waals surface area contributed by atoms with E-state index in [2.05, 4.69) is 67.5 Å². The smallest absolute Gasteiger partial charge is 0.339 e. The van der Waals surface area contributed by atoms with E-state index in [1.54, 1.807) is 60.9 Å². The Kier molecular flexibility index (Phi) is 41.5. The fourth-order valence-corrected chi connectivity index (χ4v) is 13.7. The van der Waals surface area contributed by atoms with Gasteiger partial charge >= 0.3 is 19.6 Å². The fraction of sp³-hybridized carbons (Fsp3) is 0.613. The van der Waals surface area contributed by atoms with Crippen LogP contribution in [0, 0.1) is 6.92 Å². The van der Waals surface area contributed by atoms with E-state index < -0.39 is 78.7 Å². The minimum atomic E-state index is -4.15. The number of fused-ring (bicyclic) bond motifs is 3. The summed E-state index contributed by atoms with van der Waals surface area (Å²) in [5.74, 6) is -4.94. The first-order valence-electron chi connectivity index (χ1n) is 38.1. The maximum atomic E-state index is 14.4. The van der Waals surface area contributed by atoms with Crippen LogP contribution in [0.25, 0.3) is 6.08 Å². The number of carbonyl (C=O) groups excluding carboxylic acids is 9. The molecule has 5 atom stereocenters. The number of unbranched alkanes of at least 4 members (excludes halogenated alkanes) is 2. The Morgan fingerprint density at radius 3 is 1.82 bits per heavy atom. The first-order valence-corrected chi connectivity index (χ1v) is 39.9. The van der Waals surface area contributed by atoms with Gasteiger partial charge in [-0.05, 0) is 151 Å². The van der Waals surface area contributed by atoms with Crippen LogP contribution in [0.1, 0.15) is 126 Å². The summed E-state index contributed by atoms with van der Waals surface area (Å²) >= 11 is 0. The normalized spacial score (nSPS) is 17.3. The molecule has 3 aliphatic rings. The molecule has 14 N–H and O–H groups in total. The lowest BCUT2D eigenvalue weighted by atomic mass is 9.80. The Balaban J connectivity index is 0.848. The summed E-state index contributed by atoms with van der Waals surface area (Å²) in [5, 5.41) is 35.0. The topological polar surface area (TPSA) is 446 Å². The summed E-state index contributed by atoms with van der Waals surface area (Å²) in [6, 6.07) is 13.7.